The van der Waals surface area contributed by atoms with Crippen LogP contribution in [0.15, 0.2) is 45.9 Å². The first-order chi connectivity index (χ1) is 17.0. The highest BCUT2D eigenvalue weighted by atomic mass is 32.1. The second-order valence-electron chi connectivity index (χ2n) is 8.62. The minimum atomic E-state index is -0.415. The summed E-state index contributed by atoms with van der Waals surface area (Å²) in [6, 6.07) is 11.2. The van der Waals surface area contributed by atoms with Gasteiger partial charge in [0.1, 0.15) is 10.6 Å². The van der Waals surface area contributed by atoms with Crippen LogP contribution in [0.3, 0.4) is 0 Å². The minimum Gasteiger partial charge on any atom is -0.462 e. The maximum absolute atomic E-state index is 12.9. The van der Waals surface area contributed by atoms with Crippen LogP contribution >= 0.6 is 11.3 Å². The van der Waals surface area contributed by atoms with E-state index in [4.69, 9.17) is 9.15 Å². The molecular formula is C27H27N3O4S. The van der Waals surface area contributed by atoms with Crippen LogP contribution in [0.1, 0.15) is 68.1 Å². The van der Waals surface area contributed by atoms with Gasteiger partial charge in [-0.3, -0.25) is 4.79 Å². The Bertz CT molecular complexity index is 1420. The quantitative estimate of drug-likeness (QED) is 0.213. The largest absolute Gasteiger partial charge is 0.462 e. The fourth-order valence-corrected chi connectivity index (χ4v) is 6.15. The van der Waals surface area contributed by atoms with Crippen molar-refractivity contribution in [3.8, 4) is 5.00 Å². The second-order valence-corrected chi connectivity index (χ2v) is 9.70. The molecule has 3 aromatic heterocycles. The van der Waals surface area contributed by atoms with Gasteiger partial charge in [0.15, 0.2) is 5.76 Å². The molecule has 3 heterocycles. The Hall–Kier alpha value is -3.65. The lowest BCUT2D eigenvalue weighted by atomic mass is 9.95. The molecule has 0 aliphatic heterocycles. The third-order valence-corrected chi connectivity index (χ3v) is 7.60. The molecule has 180 valence electrons. The second kappa shape index (κ2) is 9.54. The number of nitrogens with one attached hydrogen (secondary N) is 1. The van der Waals surface area contributed by atoms with E-state index in [2.05, 4.69) is 15.1 Å². The van der Waals surface area contributed by atoms with Crippen LogP contribution in [0.5, 0.6) is 0 Å². The van der Waals surface area contributed by atoms with Gasteiger partial charge in [0.2, 0.25) is 0 Å². The van der Waals surface area contributed by atoms with Gasteiger partial charge < -0.3 is 13.7 Å². The van der Waals surface area contributed by atoms with Crippen molar-refractivity contribution in [2.75, 3.05) is 6.61 Å². The SMILES string of the molecule is CCOC(=O)c1c(-n2c(C)cc(/C=N/NC(=O)c3cc4ccccc4o3)c2C)sc2c1CCCC2. The molecule has 0 spiro atoms. The smallest absolute Gasteiger partial charge is 0.341 e. The molecule has 35 heavy (non-hydrogen) atoms. The van der Waals surface area contributed by atoms with Gasteiger partial charge in [0, 0.05) is 27.2 Å². The predicted molar refractivity (Wildman–Crippen MR) is 137 cm³/mol. The predicted octanol–water partition coefficient (Wildman–Crippen LogP) is 5.72. The molecule has 1 amide bonds. The number of benzene rings is 1. The Balaban J connectivity index is 1.42. The number of hydrazone groups is 1. The number of amides is 1. The molecule has 0 saturated carbocycles. The van der Waals surface area contributed by atoms with Gasteiger partial charge in [0.05, 0.1) is 18.4 Å². The number of aromatic nitrogens is 1. The molecule has 0 bridgehead atoms. The lowest BCUT2D eigenvalue weighted by molar-refractivity contribution is 0.0525. The van der Waals surface area contributed by atoms with Crippen LogP contribution in [0, 0.1) is 13.8 Å². The van der Waals surface area contributed by atoms with Crippen molar-refractivity contribution in [3.63, 3.8) is 0 Å². The zero-order chi connectivity index (χ0) is 24.5. The number of fused-ring (bicyclic) bond motifs is 2. The number of hydrogen-bond donors (Lipinski definition) is 1. The molecule has 1 aliphatic carbocycles. The van der Waals surface area contributed by atoms with Crippen molar-refractivity contribution in [2.24, 2.45) is 5.10 Å². The fourth-order valence-electron chi connectivity index (χ4n) is 4.66. The van der Waals surface area contributed by atoms with E-state index in [9.17, 15) is 9.59 Å². The maximum Gasteiger partial charge on any atom is 0.341 e. The van der Waals surface area contributed by atoms with Crippen LogP contribution in [0.2, 0.25) is 0 Å². The molecule has 0 unspecified atom stereocenters. The summed E-state index contributed by atoms with van der Waals surface area (Å²) in [5.41, 5.74) is 7.80. The Morgan fingerprint density at radius 3 is 2.80 bits per heavy atom. The summed E-state index contributed by atoms with van der Waals surface area (Å²) < 4.78 is 13.1. The van der Waals surface area contributed by atoms with Crippen molar-refractivity contribution >= 4 is 40.4 Å². The van der Waals surface area contributed by atoms with Crippen LogP contribution in [-0.2, 0) is 17.6 Å². The molecule has 0 atom stereocenters. The number of furan rings is 1. The highest BCUT2D eigenvalue weighted by Crippen LogP contribution is 2.39. The first-order valence-corrected chi connectivity index (χ1v) is 12.6. The monoisotopic (exact) mass is 489 g/mol. The number of esters is 1. The number of carbonyl (C=O) groups is 2. The van der Waals surface area contributed by atoms with E-state index in [1.54, 1.807) is 23.6 Å². The highest BCUT2D eigenvalue weighted by Gasteiger charge is 2.28. The van der Waals surface area contributed by atoms with Gasteiger partial charge >= 0.3 is 11.9 Å². The third kappa shape index (κ3) is 4.30. The minimum absolute atomic E-state index is 0.206. The Morgan fingerprint density at radius 1 is 1.20 bits per heavy atom. The number of hydrogen-bond acceptors (Lipinski definition) is 6. The molecule has 7 nitrogen and oxygen atoms in total. The number of rotatable bonds is 6. The summed E-state index contributed by atoms with van der Waals surface area (Å²) >= 11 is 1.67. The number of nitrogens with zero attached hydrogens (tertiary/aromatic N) is 2. The summed E-state index contributed by atoms with van der Waals surface area (Å²) in [5.74, 6) is -0.471. The maximum atomic E-state index is 12.9. The molecule has 1 aliphatic rings. The zero-order valence-electron chi connectivity index (χ0n) is 20.0. The fraction of sp³-hybridized carbons (Fsp3) is 0.296. The molecule has 0 radical (unpaired) electrons. The lowest BCUT2D eigenvalue weighted by Crippen LogP contribution is -2.16. The number of carbonyl (C=O) groups excluding carboxylic acids is 2. The number of para-hydroxylation sites is 1. The Labute approximate surface area is 207 Å². The van der Waals surface area contributed by atoms with Crippen LogP contribution < -0.4 is 5.43 Å². The van der Waals surface area contributed by atoms with E-state index >= 15 is 0 Å². The summed E-state index contributed by atoms with van der Waals surface area (Å²) in [7, 11) is 0. The van der Waals surface area contributed by atoms with Gasteiger partial charge in [-0.1, -0.05) is 18.2 Å². The topological polar surface area (TPSA) is 85.8 Å². The van der Waals surface area contributed by atoms with Crippen LogP contribution in [0.25, 0.3) is 16.0 Å². The highest BCUT2D eigenvalue weighted by molar-refractivity contribution is 7.15. The molecule has 0 saturated heterocycles. The van der Waals surface area contributed by atoms with Gasteiger partial charge in [-0.05, 0) is 70.2 Å². The van der Waals surface area contributed by atoms with Gasteiger partial charge in [0.25, 0.3) is 0 Å². The Kier molecular flexibility index (Phi) is 6.30. The first kappa shape index (κ1) is 23.1. The third-order valence-electron chi connectivity index (χ3n) is 6.32. The van der Waals surface area contributed by atoms with Crippen molar-refractivity contribution in [2.45, 2.75) is 46.5 Å². The lowest BCUT2D eigenvalue weighted by Gasteiger charge is -2.13. The molecule has 4 aromatic rings. The Morgan fingerprint density at radius 2 is 2.00 bits per heavy atom. The average molecular weight is 490 g/mol. The van der Waals surface area contributed by atoms with Gasteiger partial charge in [-0.15, -0.1) is 11.3 Å². The summed E-state index contributed by atoms with van der Waals surface area (Å²) in [6.45, 7) is 6.17. The molecule has 5 rings (SSSR count). The van der Waals surface area contributed by atoms with Crippen molar-refractivity contribution in [3.05, 3.63) is 75.1 Å². The zero-order valence-corrected chi connectivity index (χ0v) is 20.8. The van der Waals surface area contributed by atoms with E-state index < -0.39 is 5.91 Å². The molecule has 0 fully saturated rings. The van der Waals surface area contributed by atoms with Crippen molar-refractivity contribution < 1.29 is 18.7 Å². The molecule has 8 heteroatoms. The standard InChI is InChI=1S/C27H27N3O4S/c1-4-33-27(32)24-20-10-6-8-12-23(20)35-26(24)30-16(2)13-19(17(30)3)15-28-29-25(31)22-14-18-9-5-7-11-21(18)34-22/h5,7,9,11,13-15H,4,6,8,10,12H2,1-3H3,(H,29,31)/b28-15+. The summed E-state index contributed by atoms with van der Waals surface area (Å²) in [5, 5.41) is 5.92. The first-order valence-electron chi connectivity index (χ1n) is 11.8. The number of thiophene rings is 1. The van der Waals surface area contributed by atoms with Crippen LogP contribution in [-0.4, -0.2) is 29.3 Å². The normalized spacial score (nSPS) is 13.3. The van der Waals surface area contributed by atoms with Gasteiger partial charge in [-0.2, -0.15) is 5.10 Å². The van der Waals surface area contributed by atoms with Crippen LogP contribution in [0.4, 0.5) is 0 Å². The number of aryl methyl sites for hydroxylation is 2. The molecule has 1 aromatic carbocycles. The van der Waals surface area contributed by atoms with E-state index in [0.29, 0.717) is 17.8 Å². The molecular weight excluding hydrogens is 462 g/mol. The average Bonchev–Trinajstić information content (AvgIpc) is 3.52. The summed E-state index contributed by atoms with van der Waals surface area (Å²) in [6.07, 6.45) is 5.75. The summed E-state index contributed by atoms with van der Waals surface area (Å²) in [4.78, 5) is 26.7. The van der Waals surface area contributed by atoms with E-state index in [1.165, 1.54) is 4.88 Å². The van der Waals surface area contributed by atoms with Crippen molar-refractivity contribution in [1.29, 1.82) is 0 Å². The van der Waals surface area contributed by atoms with Gasteiger partial charge in [-0.25, -0.2) is 10.2 Å². The number of ether oxygens (including phenoxy) is 1. The van der Waals surface area contributed by atoms with Crippen molar-refractivity contribution in [1.82, 2.24) is 9.99 Å². The van der Waals surface area contributed by atoms with E-state index in [1.807, 2.05) is 51.1 Å². The molecule has 1 N–H and O–H groups in total. The van der Waals surface area contributed by atoms with E-state index in [-0.39, 0.29) is 11.7 Å². The van der Waals surface area contributed by atoms with E-state index in [0.717, 1.165) is 58.6 Å².